The lowest BCUT2D eigenvalue weighted by molar-refractivity contribution is -0.137. The van der Waals surface area contributed by atoms with E-state index in [4.69, 9.17) is 0 Å². The van der Waals surface area contributed by atoms with Gasteiger partial charge in [0.25, 0.3) is 0 Å². The van der Waals surface area contributed by atoms with E-state index in [1.54, 1.807) is 6.92 Å². The van der Waals surface area contributed by atoms with Crippen LogP contribution in [-0.4, -0.2) is 16.5 Å². The van der Waals surface area contributed by atoms with Crippen LogP contribution in [0.1, 0.15) is 23.7 Å². The van der Waals surface area contributed by atoms with E-state index >= 15 is 0 Å². The first-order valence-corrected chi connectivity index (χ1v) is 6.81. The first kappa shape index (κ1) is 16.2. The molecule has 0 amide bonds. The van der Waals surface area contributed by atoms with Gasteiger partial charge in [0.15, 0.2) is 11.6 Å². The lowest BCUT2D eigenvalue weighted by Gasteiger charge is -2.09. The lowest BCUT2D eigenvalue weighted by atomic mass is 10.1. The van der Waals surface area contributed by atoms with Crippen LogP contribution in [0.2, 0.25) is 0 Å². The van der Waals surface area contributed by atoms with Crippen LogP contribution in [0.5, 0.6) is 0 Å². The summed E-state index contributed by atoms with van der Waals surface area (Å²) in [5.74, 6) is -0.379. The summed E-state index contributed by atoms with van der Waals surface area (Å²) >= 11 is 0. The fourth-order valence-corrected chi connectivity index (χ4v) is 1.96. The molecule has 22 heavy (non-hydrogen) atoms. The summed E-state index contributed by atoms with van der Waals surface area (Å²) < 4.78 is 51.2. The summed E-state index contributed by atoms with van der Waals surface area (Å²) in [4.78, 5) is 7.64. The van der Waals surface area contributed by atoms with Gasteiger partial charge in [-0.05, 0) is 30.5 Å². The van der Waals surface area contributed by atoms with Gasteiger partial charge in [0, 0.05) is 6.54 Å². The van der Waals surface area contributed by atoms with Crippen LogP contribution in [-0.2, 0) is 19.0 Å². The zero-order chi connectivity index (χ0) is 16.2. The molecule has 2 aromatic rings. The van der Waals surface area contributed by atoms with Crippen LogP contribution in [0, 0.1) is 5.82 Å². The molecule has 2 rings (SSSR count). The second kappa shape index (κ2) is 6.72. The number of nitrogens with zero attached hydrogens (tertiary/aromatic N) is 2. The van der Waals surface area contributed by atoms with Gasteiger partial charge in [0.05, 0.1) is 11.3 Å². The minimum atomic E-state index is -4.34. The largest absolute Gasteiger partial charge is 0.416 e. The molecule has 118 valence electrons. The highest BCUT2D eigenvalue weighted by Gasteiger charge is 2.29. The SMILES string of the molecule is CCc1ncnc(NCCc2ccc(C(F)(F)F)cc2)c1F. The summed E-state index contributed by atoms with van der Waals surface area (Å²) in [5.41, 5.74) is 0.372. The third-order valence-electron chi connectivity index (χ3n) is 3.18. The average Bonchev–Trinajstić information content (AvgIpc) is 2.48. The van der Waals surface area contributed by atoms with Crippen molar-refractivity contribution < 1.29 is 17.6 Å². The standard InChI is InChI=1S/C15H15F4N3/c1-2-12-13(16)14(22-9-21-12)20-8-7-10-3-5-11(6-4-10)15(17,18)19/h3-6,9H,2,7-8H2,1H3,(H,20,21,22). The number of benzene rings is 1. The van der Waals surface area contributed by atoms with Gasteiger partial charge in [-0.3, -0.25) is 0 Å². The van der Waals surface area contributed by atoms with Crippen LogP contribution in [0.15, 0.2) is 30.6 Å². The number of anilines is 1. The van der Waals surface area contributed by atoms with Crippen molar-refractivity contribution in [2.24, 2.45) is 0 Å². The van der Waals surface area contributed by atoms with Gasteiger partial charge < -0.3 is 5.32 Å². The molecule has 0 aliphatic rings. The van der Waals surface area contributed by atoms with Gasteiger partial charge in [-0.2, -0.15) is 13.2 Å². The Balaban J connectivity index is 1.94. The number of rotatable bonds is 5. The predicted molar refractivity (Wildman–Crippen MR) is 75.0 cm³/mol. The van der Waals surface area contributed by atoms with E-state index < -0.39 is 17.6 Å². The molecule has 0 spiro atoms. The number of aromatic nitrogens is 2. The van der Waals surface area contributed by atoms with Crippen LogP contribution in [0.4, 0.5) is 23.4 Å². The van der Waals surface area contributed by atoms with E-state index in [0.717, 1.165) is 17.7 Å². The highest BCUT2D eigenvalue weighted by Crippen LogP contribution is 2.29. The molecule has 0 fully saturated rings. The van der Waals surface area contributed by atoms with E-state index in [1.807, 2.05) is 0 Å². The molecule has 7 heteroatoms. The number of alkyl halides is 3. The highest BCUT2D eigenvalue weighted by molar-refractivity contribution is 5.37. The third-order valence-corrected chi connectivity index (χ3v) is 3.18. The minimum absolute atomic E-state index is 0.110. The average molecular weight is 313 g/mol. The van der Waals surface area contributed by atoms with E-state index in [2.05, 4.69) is 15.3 Å². The Morgan fingerprint density at radius 1 is 1.09 bits per heavy atom. The Labute approximate surface area is 125 Å². The molecular weight excluding hydrogens is 298 g/mol. The van der Waals surface area contributed by atoms with E-state index in [-0.39, 0.29) is 5.82 Å². The Morgan fingerprint density at radius 3 is 2.36 bits per heavy atom. The van der Waals surface area contributed by atoms with Crippen LogP contribution < -0.4 is 5.32 Å². The van der Waals surface area contributed by atoms with Crippen LogP contribution in [0.3, 0.4) is 0 Å². The molecule has 0 unspecified atom stereocenters. The molecule has 3 nitrogen and oxygen atoms in total. The summed E-state index contributed by atoms with van der Waals surface area (Å²) in [6.07, 6.45) is -2.13. The molecular formula is C15H15F4N3. The fourth-order valence-electron chi connectivity index (χ4n) is 1.96. The van der Waals surface area contributed by atoms with Gasteiger partial charge in [-0.25, -0.2) is 14.4 Å². The Hall–Kier alpha value is -2.18. The van der Waals surface area contributed by atoms with Crippen molar-refractivity contribution in [3.63, 3.8) is 0 Å². The smallest absolute Gasteiger partial charge is 0.367 e. The van der Waals surface area contributed by atoms with Gasteiger partial charge in [0.1, 0.15) is 6.33 Å². The van der Waals surface area contributed by atoms with Gasteiger partial charge >= 0.3 is 6.18 Å². The molecule has 1 N–H and O–H groups in total. The number of hydrogen-bond donors (Lipinski definition) is 1. The van der Waals surface area contributed by atoms with E-state index in [9.17, 15) is 17.6 Å². The topological polar surface area (TPSA) is 37.8 Å². The van der Waals surface area contributed by atoms with Gasteiger partial charge in [-0.1, -0.05) is 19.1 Å². The van der Waals surface area contributed by atoms with E-state index in [0.29, 0.717) is 25.1 Å². The monoisotopic (exact) mass is 313 g/mol. The number of hydrogen-bond acceptors (Lipinski definition) is 3. The molecule has 0 saturated heterocycles. The molecule has 0 saturated carbocycles. The molecule has 1 aromatic heterocycles. The maximum Gasteiger partial charge on any atom is 0.416 e. The van der Waals surface area contributed by atoms with Crippen molar-refractivity contribution in [3.8, 4) is 0 Å². The molecule has 0 atom stereocenters. The third kappa shape index (κ3) is 3.93. The normalized spacial score (nSPS) is 11.5. The summed E-state index contributed by atoms with van der Waals surface area (Å²) in [7, 11) is 0. The molecule has 1 aromatic carbocycles. The minimum Gasteiger partial charge on any atom is -0.367 e. The quantitative estimate of drug-likeness (QED) is 0.852. The lowest BCUT2D eigenvalue weighted by Crippen LogP contribution is -2.10. The van der Waals surface area contributed by atoms with E-state index in [1.165, 1.54) is 18.5 Å². The maximum atomic E-state index is 13.9. The first-order valence-electron chi connectivity index (χ1n) is 6.81. The number of aryl methyl sites for hydroxylation is 1. The molecule has 0 aliphatic heterocycles. The van der Waals surface area contributed by atoms with Crippen molar-refractivity contribution in [2.45, 2.75) is 25.9 Å². The molecule has 0 radical (unpaired) electrons. The Morgan fingerprint density at radius 2 is 1.77 bits per heavy atom. The second-order valence-corrected chi connectivity index (χ2v) is 4.71. The van der Waals surface area contributed by atoms with Crippen LogP contribution in [0.25, 0.3) is 0 Å². The zero-order valence-electron chi connectivity index (χ0n) is 11.9. The summed E-state index contributed by atoms with van der Waals surface area (Å²) in [6.45, 7) is 2.15. The van der Waals surface area contributed by atoms with Crippen molar-refractivity contribution in [3.05, 3.63) is 53.2 Å². The molecule has 0 aliphatic carbocycles. The fraction of sp³-hybridized carbons (Fsp3) is 0.333. The van der Waals surface area contributed by atoms with Crippen LogP contribution >= 0.6 is 0 Å². The summed E-state index contributed by atoms with van der Waals surface area (Å²) in [5, 5.41) is 2.83. The molecule has 0 bridgehead atoms. The number of nitrogens with one attached hydrogen (secondary N) is 1. The maximum absolute atomic E-state index is 13.9. The van der Waals surface area contributed by atoms with Crippen molar-refractivity contribution in [1.82, 2.24) is 9.97 Å². The van der Waals surface area contributed by atoms with Gasteiger partial charge in [0.2, 0.25) is 0 Å². The highest BCUT2D eigenvalue weighted by atomic mass is 19.4. The van der Waals surface area contributed by atoms with Crippen molar-refractivity contribution in [1.29, 1.82) is 0 Å². The molecule has 1 heterocycles. The first-order chi connectivity index (χ1) is 10.4. The number of halogens is 4. The van der Waals surface area contributed by atoms with Gasteiger partial charge in [-0.15, -0.1) is 0 Å². The Bertz CT molecular complexity index is 624. The van der Waals surface area contributed by atoms with Crippen molar-refractivity contribution in [2.75, 3.05) is 11.9 Å². The zero-order valence-corrected chi connectivity index (χ0v) is 11.9. The van der Waals surface area contributed by atoms with Crippen molar-refractivity contribution >= 4 is 5.82 Å². The Kier molecular flexibility index (Phi) is 4.95. The second-order valence-electron chi connectivity index (χ2n) is 4.71. The predicted octanol–water partition coefficient (Wildman–Crippen LogP) is 3.85. The summed E-state index contributed by atoms with van der Waals surface area (Å²) in [6, 6.07) is 4.90.